The third-order valence-corrected chi connectivity index (χ3v) is 7.11. The van der Waals surface area contributed by atoms with E-state index in [1.807, 2.05) is 0 Å². The summed E-state index contributed by atoms with van der Waals surface area (Å²) in [6.45, 7) is 0. The van der Waals surface area contributed by atoms with E-state index in [-0.39, 0.29) is 22.4 Å². The molecule has 0 spiro atoms. The molecule has 31 heavy (non-hydrogen) atoms. The number of carbonyl (C=O) groups excluding carboxylic acids is 1. The molecule has 3 aliphatic carbocycles. The molecule has 2 aromatic carbocycles. The van der Waals surface area contributed by atoms with Crippen LogP contribution < -0.4 is 0 Å². The normalized spacial score (nSPS) is 29.8. The zero-order chi connectivity index (χ0) is 21.9. The molecule has 6 rings (SSSR count). The van der Waals surface area contributed by atoms with Crippen LogP contribution in [0.1, 0.15) is 49.0 Å². The van der Waals surface area contributed by atoms with E-state index in [1.54, 1.807) is 6.21 Å². The van der Waals surface area contributed by atoms with Gasteiger partial charge < -0.3 is 0 Å². The second kappa shape index (κ2) is 7.33. The minimum absolute atomic E-state index is 0.00970. The van der Waals surface area contributed by atoms with E-state index in [4.69, 9.17) is 11.6 Å². The Kier molecular flexibility index (Phi) is 4.84. The molecule has 0 saturated heterocycles. The Bertz CT molecular complexity index is 1040. The van der Waals surface area contributed by atoms with E-state index < -0.39 is 41.0 Å². The summed E-state index contributed by atoms with van der Waals surface area (Å²) in [7, 11) is 0. The molecule has 1 amide bonds. The predicted octanol–water partition coefficient (Wildman–Crippen LogP) is 6.14. The number of rotatable bonds is 4. The first-order chi connectivity index (χ1) is 14.8. The molecule has 3 atom stereocenters. The molecule has 2 bridgehead atoms. The van der Waals surface area contributed by atoms with E-state index >= 15 is 4.39 Å². The first kappa shape index (κ1) is 20.5. The summed E-state index contributed by atoms with van der Waals surface area (Å²) in [6.07, 6.45) is 1.84. The summed E-state index contributed by atoms with van der Waals surface area (Å²) in [5.41, 5.74) is -0.212. The van der Waals surface area contributed by atoms with Crippen molar-refractivity contribution in [2.75, 3.05) is 0 Å². The molecular formula is C23H19ClF4N2O. The van der Waals surface area contributed by atoms with Crippen molar-refractivity contribution < 1.29 is 22.4 Å². The minimum atomic E-state index is -1.43. The van der Waals surface area contributed by atoms with Crippen LogP contribution in [0.25, 0.3) is 0 Å². The number of nitrogens with zero attached hydrogens (tertiary/aromatic N) is 2. The Hall–Kier alpha value is -2.41. The lowest BCUT2D eigenvalue weighted by atomic mass is 9.65. The lowest BCUT2D eigenvalue weighted by Crippen LogP contribution is -2.35. The number of alkyl halides is 1. The fraction of sp³-hybridized carbons (Fsp3) is 0.391. The van der Waals surface area contributed by atoms with Crippen LogP contribution in [0.5, 0.6) is 0 Å². The lowest BCUT2D eigenvalue weighted by molar-refractivity contribution is -0.138. The number of hydrogen-bond donors (Lipinski definition) is 0. The van der Waals surface area contributed by atoms with Crippen molar-refractivity contribution in [2.45, 2.75) is 37.9 Å². The molecule has 0 N–H and O–H groups in total. The molecule has 0 radical (unpaired) electrons. The van der Waals surface area contributed by atoms with Gasteiger partial charge in [0.05, 0.1) is 6.04 Å². The fourth-order valence-corrected chi connectivity index (χ4v) is 5.79. The standard InChI is InChI=1S/C23H19ClF4N2O/c24-15-3-13(6-16(25)7-15)21(28)23-9-14(10-23)19(11-23)22(31)30-20(1-2-29-30)12-4-17(26)8-18(27)5-12/h2-8,14,19-21H,1,9-11H2/t14?,19-,20?,21?,23?/m0/s1. The van der Waals surface area contributed by atoms with Crippen molar-refractivity contribution in [1.82, 2.24) is 5.01 Å². The molecule has 8 heteroatoms. The van der Waals surface area contributed by atoms with Gasteiger partial charge in [-0.25, -0.2) is 22.6 Å². The molecule has 1 heterocycles. The van der Waals surface area contributed by atoms with Gasteiger partial charge in [0.1, 0.15) is 23.6 Å². The predicted molar refractivity (Wildman–Crippen MR) is 108 cm³/mol. The van der Waals surface area contributed by atoms with Gasteiger partial charge in [-0.15, -0.1) is 0 Å². The quantitative estimate of drug-likeness (QED) is 0.515. The number of hydrazone groups is 1. The van der Waals surface area contributed by atoms with Gasteiger partial charge in [0.25, 0.3) is 0 Å². The van der Waals surface area contributed by atoms with Crippen molar-refractivity contribution in [3.8, 4) is 0 Å². The number of carbonyl (C=O) groups is 1. The molecule has 3 fully saturated rings. The molecule has 1 aliphatic heterocycles. The number of benzene rings is 2. The summed E-state index contributed by atoms with van der Waals surface area (Å²) < 4.78 is 56.5. The van der Waals surface area contributed by atoms with Crippen LogP contribution >= 0.6 is 11.6 Å². The van der Waals surface area contributed by atoms with Crippen LogP contribution in [0.15, 0.2) is 41.5 Å². The summed E-state index contributed by atoms with van der Waals surface area (Å²) in [5, 5.41) is 5.56. The van der Waals surface area contributed by atoms with Gasteiger partial charge in [0.15, 0.2) is 0 Å². The zero-order valence-electron chi connectivity index (χ0n) is 16.4. The smallest absolute Gasteiger partial charge is 0.246 e. The number of halogens is 5. The SMILES string of the molecule is O=C([C@H]1CC2(C(F)c3cc(F)cc(Cl)c3)CC1C2)N1N=CCC1c1cc(F)cc(F)c1. The van der Waals surface area contributed by atoms with Gasteiger partial charge in [-0.3, -0.25) is 4.79 Å². The van der Waals surface area contributed by atoms with Crippen molar-refractivity contribution in [3.05, 3.63) is 70.0 Å². The molecule has 3 nitrogen and oxygen atoms in total. The van der Waals surface area contributed by atoms with Crippen molar-refractivity contribution in [2.24, 2.45) is 22.4 Å². The maximum atomic E-state index is 15.4. The monoisotopic (exact) mass is 450 g/mol. The second-order valence-corrected chi connectivity index (χ2v) is 9.28. The van der Waals surface area contributed by atoms with Gasteiger partial charge in [-0.2, -0.15) is 5.10 Å². The zero-order valence-corrected chi connectivity index (χ0v) is 17.1. The minimum Gasteiger partial charge on any atom is -0.273 e. The topological polar surface area (TPSA) is 32.7 Å². The molecule has 162 valence electrons. The van der Waals surface area contributed by atoms with E-state index in [0.29, 0.717) is 31.2 Å². The molecular weight excluding hydrogens is 432 g/mol. The summed E-state index contributed by atoms with van der Waals surface area (Å²) in [6, 6.07) is 6.28. The largest absolute Gasteiger partial charge is 0.273 e. The number of fused-ring (bicyclic) bond motifs is 1. The van der Waals surface area contributed by atoms with Crippen LogP contribution in [0.3, 0.4) is 0 Å². The van der Waals surface area contributed by atoms with E-state index in [1.165, 1.54) is 23.2 Å². The van der Waals surface area contributed by atoms with Crippen LogP contribution in [-0.4, -0.2) is 17.1 Å². The van der Waals surface area contributed by atoms with Gasteiger partial charge in [-0.05, 0) is 66.6 Å². The Morgan fingerprint density at radius 1 is 1.03 bits per heavy atom. The van der Waals surface area contributed by atoms with Crippen molar-refractivity contribution in [3.63, 3.8) is 0 Å². The van der Waals surface area contributed by atoms with Gasteiger partial charge in [0, 0.05) is 35.1 Å². The highest BCUT2D eigenvalue weighted by molar-refractivity contribution is 6.30. The highest BCUT2D eigenvalue weighted by Crippen LogP contribution is 2.68. The summed E-state index contributed by atoms with van der Waals surface area (Å²) >= 11 is 5.88. The first-order valence-electron chi connectivity index (χ1n) is 10.2. The maximum absolute atomic E-state index is 15.4. The average Bonchev–Trinajstić information content (AvgIpc) is 3.38. The van der Waals surface area contributed by atoms with E-state index in [0.717, 1.165) is 18.2 Å². The van der Waals surface area contributed by atoms with Gasteiger partial charge >= 0.3 is 0 Å². The van der Waals surface area contributed by atoms with Crippen LogP contribution in [0.4, 0.5) is 17.6 Å². The first-order valence-corrected chi connectivity index (χ1v) is 10.6. The Morgan fingerprint density at radius 3 is 2.39 bits per heavy atom. The molecule has 2 aromatic rings. The van der Waals surface area contributed by atoms with Gasteiger partial charge in [0.2, 0.25) is 5.91 Å². The second-order valence-electron chi connectivity index (χ2n) is 8.84. The average molecular weight is 451 g/mol. The summed E-state index contributed by atoms with van der Waals surface area (Å²) in [4.78, 5) is 13.3. The van der Waals surface area contributed by atoms with Gasteiger partial charge in [-0.1, -0.05) is 11.6 Å². The van der Waals surface area contributed by atoms with E-state index in [9.17, 15) is 18.0 Å². The van der Waals surface area contributed by atoms with Crippen LogP contribution in [0, 0.1) is 34.7 Å². The Morgan fingerprint density at radius 2 is 1.71 bits per heavy atom. The number of amides is 1. The van der Waals surface area contributed by atoms with Crippen molar-refractivity contribution >= 4 is 23.7 Å². The summed E-state index contributed by atoms with van der Waals surface area (Å²) in [5.74, 6) is -2.72. The molecule has 2 unspecified atom stereocenters. The number of hydrogen-bond acceptors (Lipinski definition) is 2. The van der Waals surface area contributed by atoms with E-state index in [2.05, 4.69) is 5.10 Å². The van der Waals surface area contributed by atoms with Crippen LogP contribution in [0.2, 0.25) is 5.02 Å². The van der Waals surface area contributed by atoms with Crippen LogP contribution in [-0.2, 0) is 4.79 Å². The highest BCUT2D eigenvalue weighted by Gasteiger charge is 2.63. The maximum Gasteiger partial charge on any atom is 0.246 e. The lowest BCUT2D eigenvalue weighted by Gasteiger charge is -2.41. The third-order valence-electron chi connectivity index (χ3n) is 6.89. The Labute approximate surface area is 181 Å². The third kappa shape index (κ3) is 3.43. The highest BCUT2D eigenvalue weighted by atomic mass is 35.5. The fourth-order valence-electron chi connectivity index (χ4n) is 5.56. The Balaban J connectivity index is 1.35. The molecule has 3 saturated carbocycles. The molecule has 4 aliphatic rings. The molecule has 0 aromatic heterocycles. The van der Waals surface area contributed by atoms with Crippen molar-refractivity contribution in [1.29, 1.82) is 0 Å².